The number of aromatic nitrogens is 3. The Balaban J connectivity index is 1.64. The predicted molar refractivity (Wildman–Crippen MR) is 80.6 cm³/mol. The van der Waals surface area contributed by atoms with E-state index in [1.165, 1.54) is 6.33 Å². The lowest BCUT2D eigenvalue weighted by molar-refractivity contribution is -0.0588. The fourth-order valence-electron chi connectivity index (χ4n) is 2.46. The average molecular weight is 334 g/mol. The minimum atomic E-state index is -1.27. The van der Waals surface area contributed by atoms with Gasteiger partial charge in [0.25, 0.3) is 5.91 Å². The number of nitrogens with zero attached hydrogens (tertiary/aromatic N) is 3. The van der Waals surface area contributed by atoms with Crippen molar-refractivity contribution in [1.29, 1.82) is 0 Å². The second-order valence-corrected chi connectivity index (χ2v) is 5.45. The Hall–Kier alpha value is -2.33. The van der Waals surface area contributed by atoms with Crippen molar-refractivity contribution < 1.29 is 24.9 Å². The molecule has 0 spiro atoms. The molecule has 0 bridgehead atoms. The van der Waals surface area contributed by atoms with Gasteiger partial charge in [0.05, 0.1) is 6.61 Å². The summed E-state index contributed by atoms with van der Waals surface area (Å²) in [5.41, 5.74) is 0.939. The number of aliphatic hydroxyl groups is 3. The maximum Gasteiger partial charge on any atom is 0.291 e. The second kappa shape index (κ2) is 7.05. The summed E-state index contributed by atoms with van der Waals surface area (Å²) in [6.07, 6.45) is -3.20. The van der Waals surface area contributed by atoms with E-state index in [-0.39, 0.29) is 5.82 Å². The SMILES string of the molecule is O=C(NCc1ccccc1)c1ncn([C@@H]2O[C@H](CO)[C@@H](O)[C@H]2O)n1. The lowest BCUT2D eigenvalue weighted by Crippen LogP contribution is -2.33. The van der Waals surface area contributed by atoms with Gasteiger partial charge in [-0.1, -0.05) is 30.3 Å². The van der Waals surface area contributed by atoms with Crippen LogP contribution < -0.4 is 5.32 Å². The van der Waals surface area contributed by atoms with E-state index in [1.54, 1.807) is 0 Å². The number of ether oxygens (including phenoxy) is 1. The van der Waals surface area contributed by atoms with Crippen LogP contribution in [0.1, 0.15) is 22.4 Å². The van der Waals surface area contributed by atoms with E-state index >= 15 is 0 Å². The second-order valence-electron chi connectivity index (χ2n) is 5.45. The zero-order valence-corrected chi connectivity index (χ0v) is 12.7. The van der Waals surface area contributed by atoms with Crippen molar-refractivity contribution in [1.82, 2.24) is 20.1 Å². The molecule has 1 aromatic heterocycles. The maximum atomic E-state index is 12.1. The number of rotatable bonds is 5. The van der Waals surface area contributed by atoms with Crippen LogP contribution in [0.2, 0.25) is 0 Å². The molecule has 4 atom stereocenters. The van der Waals surface area contributed by atoms with Gasteiger partial charge < -0.3 is 25.4 Å². The van der Waals surface area contributed by atoms with E-state index in [0.717, 1.165) is 10.2 Å². The van der Waals surface area contributed by atoms with Crippen molar-refractivity contribution in [2.75, 3.05) is 6.61 Å². The first kappa shape index (κ1) is 16.5. The van der Waals surface area contributed by atoms with Crippen molar-refractivity contribution in [3.8, 4) is 0 Å². The summed E-state index contributed by atoms with van der Waals surface area (Å²) in [7, 11) is 0. The number of hydrogen-bond acceptors (Lipinski definition) is 7. The molecule has 1 saturated heterocycles. The molecule has 0 unspecified atom stereocenters. The first-order chi connectivity index (χ1) is 11.6. The Labute approximate surface area is 137 Å². The molecule has 1 fully saturated rings. The van der Waals surface area contributed by atoms with Crippen molar-refractivity contribution in [2.24, 2.45) is 0 Å². The van der Waals surface area contributed by atoms with Gasteiger partial charge in [-0.3, -0.25) is 4.79 Å². The standard InChI is InChI=1S/C15H18N4O5/c20-7-10-11(21)12(22)15(24-10)19-8-17-13(18-19)14(23)16-6-9-4-2-1-3-5-9/h1-5,8,10-12,15,20-22H,6-7H2,(H,16,23)/t10-,11-,12-,15-/m1/s1. The molecule has 0 saturated carbocycles. The Morgan fingerprint density at radius 3 is 2.67 bits per heavy atom. The van der Waals surface area contributed by atoms with Crippen molar-refractivity contribution in [3.05, 3.63) is 48.0 Å². The topological polar surface area (TPSA) is 130 Å². The maximum absolute atomic E-state index is 12.1. The fraction of sp³-hybridized carbons (Fsp3) is 0.400. The van der Waals surface area contributed by atoms with E-state index in [2.05, 4.69) is 15.4 Å². The van der Waals surface area contributed by atoms with Gasteiger partial charge in [-0.05, 0) is 5.56 Å². The van der Waals surface area contributed by atoms with Crippen molar-refractivity contribution >= 4 is 5.91 Å². The van der Waals surface area contributed by atoms with Crippen LogP contribution >= 0.6 is 0 Å². The minimum Gasteiger partial charge on any atom is -0.394 e. The number of aliphatic hydroxyl groups excluding tert-OH is 3. The lowest BCUT2D eigenvalue weighted by atomic mass is 10.1. The largest absolute Gasteiger partial charge is 0.394 e. The van der Waals surface area contributed by atoms with Gasteiger partial charge >= 0.3 is 0 Å². The van der Waals surface area contributed by atoms with Gasteiger partial charge in [-0.2, -0.15) is 0 Å². The summed E-state index contributed by atoms with van der Waals surface area (Å²) in [6, 6.07) is 9.39. The predicted octanol–water partition coefficient (Wildman–Crippen LogP) is -1.18. The van der Waals surface area contributed by atoms with Gasteiger partial charge in [0.15, 0.2) is 6.23 Å². The number of nitrogens with one attached hydrogen (secondary N) is 1. The number of carbonyl (C=O) groups is 1. The highest BCUT2D eigenvalue weighted by atomic mass is 16.6. The average Bonchev–Trinajstić information content (AvgIpc) is 3.20. The molecule has 1 aliphatic heterocycles. The molecule has 1 aliphatic rings. The summed E-state index contributed by atoms with van der Waals surface area (Å²) in [6.45, 7) is -0.101. The first-order valence-electron chi connectivity index (χ1n) is 7.46. The third-order valence-corrected chi connectivity index (χ3v) is 3.79. The van der Waals surface area contributed by atoms with Crippen LogP contribution in [-0.4, -0.2) is 60.9 Å². The lowest BCUT2D eigenvalue weighted by Gasteiger charge is -2.13. The zero-order chi connectivity index (χ0) is 17.1. The molecule has 4 N–H and O–H groups in total. The van der Waals surface area contributed by atoms with Crippen LogP contribution in [-0.2, 0) is 11.3 Å². The Kier molecular flexibility index (Phi) is 4.86. The Morgan fingerprint density at radius 1 is 1.25 bits per heavy atom. The molecule has 1 aromatic carbocycles. The van der Waals surface area contributed by atoms with Gasteiger partial charge in [-0.25, -0.2) is 9.67 Å². The molecule has 24 heavy (non-hydrogen) atoms. The molecule has 2 aromatic rings. The Bertz CT molecular complexity index is 692. The number of carbonyl (C=O) groups excluding carboxylic acids is 1. The summed E-state index contributed by atoms with van der Waals surface area (Å²) in [4.78, 5) is 16.0. The van der Waals surface area contributed by atoms with Crippen LogP contribution in [0.5, 0.6) is 0 Å². The summed E-state index contributed by atoms with van der Waals surface area (Å²) < 4.78 is 6.48. The van der Waals surface area contributed by atoms with Crippen LogP contribution in [0.15, 0.2) is 36.7 Å². The van der Waals surface area contributed by atoms with Crippen LogP contribution in [0.4, 0.5) is 0 Å². The number of hydrogen-bond donors (Lipinski definition) is 4. The van der Waals surface area contributed by atoms with Gasteiger partial charge in [0, 0.05) is 6.54 Å². The quantitative estimate of drug-likeness (QED) is 0.541. The fourth-order valence-corrected chi connectivity index (χ4v) is 2.46. The molecule has 9 nitrogen and oxygen atoms in total. The van der Waals surface area contributed by atoms with Gasteiger partial charge in [-0.15, -0.1) is 5.10 Å². The van der Waals surface area contributed by atoms with E-state index in [9.17, 15) is 15.0 Å². The number of amides is 1. The Morgan fingerprint density at radius 2 is 2.00 bits per heavy atom. The van der Waals surface area contributed by atoms with Crippen LogP contribution in [0.3, 0.4) is 0 Å². The normalized spacial score (nSPS) is 26.5. The summed E-state index contributed by atoms with van der Waals surface area (Å²) in [5.74, 6) is -0.548. The van der Waals surface area contributed by atoms with Crippen LogP contribution in [0, 0.1) is 0 Å². The highest BCUT2D eigenvalue weighted by Crippen LogP contribution is 2.28. The first-order valence-corrected chi connectivity index (χ1v) is 7.46. The zero-order valence-electron chi connectivity index (χ0n) is 12.7. The molecular formula is C15H18N4O5. The van der Waals surface area contributed by atoms with Crippen LogP contribution in [0.25, 0.3) is 0 Å². The smallest absolute Gasteiger partial charge is 0.291 e. The summed E-state index contributed by atoms with van der Waals surface area (Å²) in [5, 5.41) is 35.4. The third-order valence-electron chi connectivity index (χ3n) is 3.79. The van der Waals surface area contributed by atoms with Gasteiger partial charge in [0.2, 0.25) is 5.82 Å². The van der Waals surface area contributed by atoms with E-state index in [0.29, 0.717) is 6.54 Å². The molecule has 0 radical (unpaired) electrons. The van der Waals surface area contributed by atoms with E-state index in [4.69, 9.17) is 9.84 Å². The van der Waals surface area contributed by atoms with Crippen molar-refractivity contribution in [3.63, 3.8) is 0 Å². The minimum absolute atomic E-state index is 0.0799. The molecule has 1 amide bonds. The summed E-state index contributed by atoms with van der Waals surface area (Å²) >= 11 is 0. The molecule has 3 rings (SSSR count). The molecule has 128 valence electrons. The molecule has 2 heterocycles. The number of benzene rings is 1. The molecular weight excluding hydrogens is 316 g/mol. The monoisotopic (exact) mass is 334 g/mol. The highest BCUT2D eigenvalue weighted by molar-refractivity contribution is 5.90. The third kappa shape index (κ3) is 3.29. The van der Waals surface area contributed by atoms with E-state index < -0.39 is 37.1 Å². The molecule has 9 heteroatoms. The molecule has 0 aliphatic carbocycles. The van der Waals surface area contributed by atoms with Crippen molar-refractivity contribution in [2.45, 2.75) is 31.1 Å². The highest BCUT2D eigenvalue weighted by Gasteiger charge is 2.44. The van der Waals surface area contributed by atoms with E-state index in [1.807, 2.05) is 30.3 Å². The van der Waals surface area contributed by atoms with Gasteiger partial charge in [0.1, 0.15) is 24.6 Å².